The van der Waals surface area contributed by atoms with Crippen LogP contribution in [0, 0.1) is 0 Å². The Bertz CT molecular complexity index is 53.7. The average Bonchev–Trinajstić information content (AvgIpc) is 2.14. The normalized spacial score (nSPS) is 31.0. The number of rotatable bonds is 1. The first-order valence-electron chi connectivity index (χ1n) is 2.46. The molecule has 0 aromatic rings. The van der Waals surface area contributed by atoms with E-state index in [0.717, 1.165) is 60.9 Å². The van der Waals surface area contributed by atoms with Gasteiger partial charge in [0.15, 0.2) is 0 Å². The molecule has 0 amide bonds. The average molecular weight is 287 g/mol. The monoisotopic (exact) mass is 289 g/mol. The second-order valence-electron chi connectivity index (χ2n) is 1.61. The van der Waals surface area contributed by atoms with Crippen LogP contribution in [0.25, 0.3) is 0 Å². The van der Waals surface area contributed by atoms with Gasteiger partial charge in [-0.15, -0.1) is 0 Å². The Hall–Kier alpha value is 2.05. The summed E-state index contributed by atoms with van der Waals surface area (Å²) in [6.45, 7) is 1.05. The van der Waals surface area contributed by atoms with E-state index in [1.807, 2.05) is 0 Å². The molecule has 1 atom stereocenters. The second-order valence-corrected chi connectivity index (χ2v) is 8.85. The van der Waals surface area contributed by atoms with Gasteiger partial charge in [0.05, 0.1) is 0 Å². The standard InChI is InChI=1S/C4H8OSe.Ba/c6-4-2-1-3-5-4;/h4,6H,1-3H2;/q;+1/p-1. The zero-order valence-electron chi connectivity index (χ0n) is 4.22. The van der Waals surface area contributed by atoms with Crippen molar-refractivity contribution >= 4 is 49.2 Å². The van der Waals surface area contributed by atoms with Gasteiger partial charge in [0.2, 0.25) is 0 Å². The van der Waals surface area contributed by atoms with Crippen LogP contribution in [0.4, 0.5) is 0 Å². The van der Waals surface area contributed by atoms with Crippen LogP contribution in [0.3, 0.4) is 0 Å². The molecule has 1 nitrogen and oxygen atoms in total. The maximum absolute atomic E-state index is 5.38. The fourth-order valence-electron chi connectivity index (χ4n) is 0.680. The van der Waals surface area contributed by atoms with Gasteiger partial charge < -0.3 is 0 Å². The Balaban J connectivity index is 2.14. The van der Waals surface area contributed by atoms with E-state index < -0.39 is 0 Å². The Labute approximate surface area is 76.8 Å². The van der Waals surface area contributed by atoms with Gasteiger partial charge in [-0.25, -0.2) is 0 Å². The van der Waals surface area contributed by atoms with Crippen molar-refractivity contribution in [2.75, 3.05) is 6.61 Å². The van der Waals surface area contributed by atoms with E-state index in [1.54, 1.807) is 0 Å². The quantitative estimate of drug-likeness (QED) is 0.613. The van der Waals surface area contributed by atoms with Crippen LogP contribution in [0.5, 0.6) is 0 Å². The third-order valence-electron chi connectivity index (χ3n) is 1.07. The van der Waals surface area contributed by atoms with E-state index in [1.165, 1.54) is 12.8 Å². The molecule has 1 saturated heterocycles. The molecule has 1 unspecified atom stereocenters. The Kier molecular flexibility index (Phi) is 4.05. The third kappa shape index (κ3) is 2.41. The van der Waals surface area contributed by atoms with Crippen molar-refractivity contribution < 1.29 is 4.74 Å². The molecule has 37 valence electrons. The van der Waals surface area contributed by atoms with Gasteiger partial charge in [0, 0.05) is 0 Å². The molecule has 0 N–H and O–H groups in total. The van der Waals surface area contributed by atoms with Crippen LogP contribution in [0.1, 0.15) is 12.8 Å². The molecule has 1 fully saturated rings. The minimum absolute atomic E-state index is 0.746. The van der Waals surface area contributed by atoms with Gasteiger partial charge in [0.1, 0.15) is 0 Å². The summed E-state index contributed by atoms with van der Waals surface area (Å²) in [5.41, 5.74) is 0. The van der Waals surface area contributed by atoms with Crippen LogP contribution in [0.15, 0.2) is 0 Å². The molecule has 0 saturated carbocycles. The van der Waals surface area contributed by atoms with Gasteiger partial charge in [-0.1, -0.05) is 0 Å². The van der Waals surface area contributed by atoms with E-state index in [-0.39, 0.29) is 0 Å². The van der Waals surface area contributed by atoms with Gasteiger partial charge in [-0.3, -0.25) is 0 Å². The summed E-state index contributed by atoms with van der Waals surface area (Å²) in [4.78, 5) is 0. The van der Waals surface area contributed by atoms with E-state index in [9.17, 15) is 0 Å². The zero-order valence-corrected chi connectivity index (χ0v) is 10.4. The van der Waals surface area contributed by atoms with Crippen LogP contribution in [-0.2, 0) is 4.74 Å². The van der Waals surface area contributed by atoms with Gasteiger partial charge in [-0.05, 0) is 0 Å². The molecule has 0 aromatic carbocycles. The Morgan fingerprint density at radius 3 is 2.86 bits per heavy atom. The minimum atomic E-state index is 0.746. The predicted octanol–water partition coefficient (Wildman–Crippen LogP) is -0.0894. The first-order valence-corrected chi connectivity index (χ1v) is 14.1. The van der Waals surface area contributed by atoms with Crippen molar-refractivity contribution in [1.82, 2.24) is 0 Å². The summed E-state index contributed by atoms with van der Waals surface area (Å²) in [6.07, 6.45) is 3.61. The number of hydrogen-bond donors (Lipinski definition) is 0. The van der Waals surface area contributed by atoms with Crippen LogP contribution in [-0.4, -0.2) is 60.9 Å². The third-order valence-corrected chi connectivity index (χ3v) is 8.70. The fourth-order valence-corrected chi connectivity index (χ4v) is 6.07. The topological polar surface area (TPSA) is 9.23 Å². The van der Waals surface area contributed by atoms with Crippen LogP contribution >= 0.6 is 0 Å². The van der Waals surface area contributed by atoms with Crippen molar-refractivity contribution in [3.8, 4) is 0 Å². The summed E-state index contributed by atoms with van der Waals surface area (Å²) in [5.74, 6) is 0. The molecule has 0 spiro atoms. The van der Waals surface area contributed by atoms with Gasteiger partial charge >= 0.3 is 78.4 Å². The molecule has 1 rings (SSSR count). The molecule has 1 aliphatic rings. The number of hydrogen-bond acceptors (Lipinski definition) is 1. The fraction of sp³-hybridized carbons (Fsp3) is 1.00. The van der Waals surface area contributed by atoms with E-state index in [4.69, 9.17) is 4.74 Å². The summed E-state index contributed by atoms with van der Waals surface area (Å²) >= 11 is 1.02. The van der Waals surface area contributed by atoms with Crippen molar-refractivity contribution in [2.24, 2.45) is 0 Å². The molecule has 3 heteroatoms. The van der Waals surface area contributed by atoms with Crippen LogP contribution < -0.4 is 0 Å². The SMILES string of the molecule is [Ba][Se]C1CCCO1. The van der Waals surface area contributed by atoms with E-state index in [0.29, 0.717) is 0 Å². The molecular formula is C4H7BaOSe. The van der Waals surface area contributed by atoms with Gasteiger partial charge in [0.25, 0.3) is 0 Å². The molecule has 7 heavy (non-hydrogen) atoms. The number of ether oxygens (including phenoxy) is 1. The Morgan fingerprint density at radius 1 is 1.71 bits per heavy atom. The molecule has 0 aliphatic carbocycles. The summed E-state index contributed by atoms with van der Waals surface area (Å²) in [6, 6.07) is 0. The Morgan fingerprint density at radius 2 is 2.57 bits per heavy atom. The molecule has 1 radical (unpaired) electrons. The molecule has 0 bridgehead atoms. The van der Waals surface area contributed by atoms with Crippen molar-refractivity contribution in [2.45, 2.75) is 17.8 Å². The van der Waals surface area contributed by atoms with Crippen molar-refractivity contribution in [3.63, 3.8) is 0 Å². The summed E-state index contributed by atoms with van der Waals surface area (Å²) in [7, 11) is 0. The summed E-state index contributed by atoms with van der Waals surface area (Å²) < 4.78 is 5.38. The van der Waals surface area contributed by atoms with Crippen molar-refractivity contribution in [1.29, 1.82) is 0 Å². The molecule has 0 aromatic heterocycles. The predicted molar refractivity (Wildman–Crippen MR) is 30.5 cm³/mol. The van der Waals surface area contributed by atoms with E-state index >= 15 is 0 Å². The van der Waals surface area contributed by atoms with E-state index in [2.05, 4.69) is 0 Å². The zero-order chi connectivity index (χ0) is 5.11. The first-order chi connectivity index (χ1) is 3.43. The first kappa shape index (κ1) is 7.16. The maximum atomic E-state index is 5.38. The molecule has 1 aliphatic heterocycles. The summed E-state index contributed by atoms with van der Waals surface area (Å²) in [5, 5.41) is 0.746. The van der Waals surface area contributed by atoms with Gasteiger partial charge in [-0.2, -0.15) is 0 Å². The molecule has 1 heterocycles. The van der Waals surface area contributed by atoms with Crippen molar-refractivity contribution in [3.05, 3.63) is 0 Å². The second kappa shape index (κ2) is 3.96. The van der Waals surface area contributed by atoms with Crippen LogP contribution in [0.2, 0.25) is 0 Å². The molecular weight excluding hydrogens is 280 g/mol.